The Morgan fingerprint density at radius 1 is 1.54 bits per heavy atom. The number of hydrogen-bond acceptors (Lipinski definition) is 4. The number of morpholine rings is 1. The highest BCUT2D eigenvalue weighted by molar-refractivity contribution is 7.90. The third kappa shape index (κ3) is 2.21. The van der Waals surface area contributed by atoms with Crippen LogP contribution < -0.4 is 0 Å². The van der Waals surface area contributed by atoms with Crippen LogP contribution in [0.3, 0.4) is 0 Å². The average Bonchev–Trinajstić information content (AvgIpc) is 2.58. The van der Waals surface area contributed by atoms with E-state index in [2.05, 4.69) is 4.90 Å². The normalized spacial score (nSPS) is 34.2. The number of ether oxygens (including phenoxy) is 1. The summed E-state index contributed by atoms with van der Waals surface area (Å²) in [4.78, 5) is 2.23. The highest BCUT2D eigenvalue weighted by Crippen LogP contribution is 2.27. The zero-order valence-electron chi connectivity index (χ0n) is 7.77. The Balaban J connectivity index is 1.84. The molecule has 76 valence electrons. The van der Waals surface area contributed by atoms with Gasteiger partial charge in [-0.2, -0.15) is 0 Å². The van der Waals surface area contributed by atoms with Gasteiger partial charge >= 0.3 is 0 Å². The predicted octanol–water partition coefficient (Wildman–Crippen LogP) is -0.496. The van der Waals surface area contributed by atoms with Crippen molar-refractivity contribution in [3.8, 4) is 0 Å². The van der Waals surface area contributed by atoms with E-state index in [1.165, 1.54) is 6.26 Å². The molecule has 2 saturated heterocycles. The van der Waals surface area contributed by atoms with E-state index in [1.54, 1.807) is 0 Å². The van der Waals surface area contributed by atoms with Gasteiger partial charge in [0.1, 0.15) is 9.84 Å². The maximum Gasteiger partial charge on any atom is 0.148 e. The second-order valence-corrected chi connectivity index (χ2v) is 6.23. The fourth-order valence-electron chi connectivity index (χ4n) is 2.04. The molecule has 2 fully saturated rings. The topological polar surface area (TPSA) is 46.6 Å². The molecule has 4 nitrogen and oxygen atoms in total. The quantitative estimate of drug-likeness (QED) is 0.623. The van der Waals surface area contributed by atoms with Gasteiger partial charge in [0.15, 0.2) is 0 Å². The number of likely N-dealkylation sites (tertiary alicyclic amines) is 1. The minimum absolute atomic E-state index is 0.274. The minimum atomic E-state index is -2.81. The molecular weight excluding hydrogens is 190 g/mol. The standard InChI is InChI=1S/C8H15NO3S/c1-13(10,11)3-2-9-5-8-4-7(9)6-12-8/h7-8H,2-6H2,1H3/t7-,8-/m1/s1. The van der Waals surface area contributed by atoms with Crippen molar-refractivity contribution in [2.24, 2.45) is 0 Å². The highest BCUT2D eigenvalue weighted by atomic mass is 32.2. The molecule has 0 unspecified atom stereocenters. The van der Waals surface area contributed by atoms with E-state index in [0.717, 1.165) is 19.6 Å². The van der Waals surface area contributed by atoms with E-state index in [-0.39, 0.29) is 5.75 Å². The summed E-state index contributed by atoms with van der Waals surface area (Å²) in [6.45, 7) is 2.37. The summed E-state index contributed by atoms with van der Waals surface area (Å²) in [6.07, 6.45) is 2.74. The number of rotatable bonds is 3. The summed E-state index contributed by atoms with van der Waals surface area (Å²) >= 11 is 0. The molecule has 2 bridgehead atoms. The van der Waals surface area contributed by atoms with Crippen LogP contribution >= 0.6 is 0 Å². The third-order valence-electron chi connectivity index (χ3n) is 2.76. The van der Waals surface area contributed by atoms with Crippen molar-refractivity contribution < 1.29 is 13.2 Å². The van der Waals surface area contributed by atoms with E-state index in [9.17, 15) is 8.42 Å². The van der Waals surface area contributed by atoms with Crippen molar-refractivity contribution >= 4 is 9.84 Å². The second-order valence-electron chi connectivity index (χ2n) is 3.97. The van der Waals surface area contributed by atoms with E-state index in [4.69, 9.17) is 4.74 Å². The molecule has 0 aliphatic carbocycles. The first-order valence-corrected chi connectivity index (χ1v) is 6.64. The van der Waals surface area contributed by atoms with Crippen molar-refractivity contribution in [3.05, 3.63) is 0 Å². The Labute approximate surface area is 78.8 Å². The van der Waals surface area contributed by atoms with Gasteiger partial charge in [-0.15, -0.1) is 0 Å². The van der Waals surface area contributed by atoms with Crippen LogP contribution in [0, 0.1) is 0 Å². The first kappa shape index (κ1) is 9.43. The van der Waals surface area contributed by atoms with Crippen molar-refractivity contribution in [1.82, 2.24) is 4.90 Å². The molecule has 13 heavy (non-hydrogen) atoms. The molecule has 2 heterocycles. The summed E-state index contributed by atoms with van der Waals surface area (Å²) in [7, 11) is -2.81. The van der Waals surface area contributed by atoms with E-state index in [1.807, 2.05) is 0 Å². The van der Waals surface area contributed by atoms with Crippen molar-refractivity contribution in [2.45, 2.75) is 18.6 Å². The molecule has 0 spiro atoms. The first-order valence-electron chi connectivity index (χ1n) is 4.58. The summed E-state index contributed by atoms with van der Waals surface area (Å²) in [6, 6.07) is 0.478. The van der Waals surface area contributed by atoms with Crippen molar-refractivity contribution in [2.75, 3.05) is 31.7 Å². The lowest BCUT2D eigenvalue weighted by molar-refractivity contribution is 0.0332. The molecule has 2 aliphatic rings. The van der Waals surface area contributed by atoms with Gasteiger partial charge in [-0.1, -0.05) is 0 Å². The molecule has 2 aliphatic heterocycles. The number of sulfone groups is 1. The van der Waals surface area contributed by atoms with E-state index < -0.39 is 9.84 Å². The van der Waals surface area contributed by atoms with Crippen LogP contribution in [0.1, 0.15) is 6.42 Å². The number of hydrogen-bond donors (Lipinski definition) is 0. The minimum Gasteiger partial charge on any atom is -0.375 e. The van der Waals surface area contributed by atoms with E-state index in [0.29, 0.717) is 18.7 Å². The van der Waals surface area contributed by atoms with Crippen molar-refractivity contribution in [3.63, 3.8) is 0 Å². The lowest BCUT2D eigenvalue weighted by Crippen LogP contribution is -2.39. The van der Waals surface area contributed by atoms with Crippen LogP contribution in [0.5, 0.6) is 0 Å². The van der Waals surface area contributed by atoms with Gasteiger partial charge in [-0.05, 0) is 6.42 Å². The molecule has 0 N–H and O–H groups in total. The second kappa shape index (κ2) is 3.22. The molecule has 0 saturated carbocycles. The van der Waals surface area contributed by atoms with Gasteiger partial charge in [-0.3, -0.25) is 4.90 Å². The lowest BCUT2D eigenvalue weighted by atomic mass is 10.2. The average molecular weight is 205 g/mol. The molecule has 0 aromatic rings. The van der Waals surface area contributed by atoms with Gasteiger partial charge in [-0.25, -0.2) is 8.42 Å². The monoisotopic (exact) mass is 205 g/mol. The molecule has 0 radical (unpaired) electrons. The van der Waals surface area contributed by atoms with E-state index >= 15 is 0 Å². The summed E-state index contributed by atoms with van der Waals surface area (Å²) in [5, 5.41) is 0. The summed E-state index contributed by atoms with van der Waals surface area (Å²) in [5.41, 5.74) is 0. The van der Waals surface area contributed by atoms with Gasteiger partial charge in [0.2, 0.25) is 0 Å². The van der Waals surface area contributed by atoms with Gasteiger partial charge < -0.3 is 4.74 Å². The summed E-state index contributed by atoms with van der Waals surface area (Å²) < 4.78 is 27.3. The molecule has 0 aromatic heterocycles. The zero-order valence-corrected chi connectivity index (χ0v) is 8.59. The maximum absolute atomic E-state index is 10.9. The largest absolute Gasteiger partial charge is 0.375 e. The summed E-state index contributed by atoms with van der Waals surface area (Å²) in [5.74, 6) is 0.274. The Morgan fingerprint density at radius 2 is 2.31 bits per heavy atom. The van der Waals surface area contributed by atoms with Crippen LogP contribution in [0.2, 0.25) is 0 Å². The Hall–Kier alpha value is -0.130. The van der Waals surface area contributed by atoms with Crippen LogP contribution in [0.15, 0.2) is 0 Å². The molecule has 0 amide bonds. The molecule has 0 aromatic carbocycles. The van der Waals surface area contributed by atoms with Crippen molar-refractivity contribution in [1.29, 1.82) is 0 Å². The first-order chi connectivity index (χ1) is 6.04. The van der Waals surface area contributed by atoms with Gasteiger partial charge in [0, 0.05) is 25.4 Å². The zero-order chi connectivity index (χ0) is 9.47. The van der Waals surface area contributed by atoms with Crippen LogP contribution in [0.4, 0.5) is 0 Å². The Morgan fingerprint density at radius 3 is 2.77 bits per heavy atom. The Kier molecular flexibility index (Phi) is 2.33. The molecular formula is C8H15NO3S. The fraction of sp³-hybridized carbons (Fsp3) is 1.00. The molecule has 5 heteroatoms. The molecule has 2 rings (SSSR count). The lowest BCUT2D eigenvalue weighted by Gasteiger charge is -2.25. The van der Waals surface area contributed by atoms with Gasteiger partial charge in [0.05, 0.1) is 18.5 Å². The number of nitrogens with zero attached hydrogens (tertiary/aromatic N) is 1. The smallest absolute Gasteiger partial charge is 0.148 e. The SMILES string of the molecule is CS(=O)(=O)CCN1C[C@H]2C[C@@H]1CO2. The molecule has 2 atom stereocenters. The number of fused-ring (bicyclic) bond motifs is 2. The van der Waals surface area contributed by atoms with Gasteiger partial charge in [0.25, 0.3) is 0 Å². The third-order valence-corrected chi connectivity index (χ3v) is 3.69. The van der Waals surface area contributed by atoms with Crippen LogP contribution in [-0.4, -0.2) is 57.2 Å². The highest BCUT2D eigenvalue weighted by Gasteiger charge is 2.38. The predicted molar refractivity (Wildman–Crippen MR) is 49.4 cm³/mol. The fourth-order valence-corrected chi connectivity index (χ4v) is 2.60. The maximum atomic E-state index is 10.9. The van der Waals surface area contributed by atoms with Crippen LogP contribution in [-0.2, 0) is 14.6 Å². The van der Waals surface area contributed by atoms with Crippen LogP contribution in [0.25, 0.3) is 0 Å². The Bertz CT molecular complexity index is 288.